The Morgan fingerprint density at radius 2 is 1.63 bits per heavy atom. The van der Waals surface area contributed by atoms with Gasteiger partial charge in [0.05, 0.1) is 16.7 Å². The molecule has 0 saturated heterocycles. The molecule has 0 atom stereocenters. The van der Waals surface area contributed by atoms with Crippen molar-refractivity contribution in [2.75, 3.05) is 0 Å². The Hall–Kier alpha value is -3.28. The minimum Gasteiger partial charge on any atom is -0.260 e. The van der Waals surface area contributed by atoms with Gasteiger partial charge in [-0.25, -0.2) is 0 Å². The molecule has 0 aliphatic rings. The number of alkyl halides is 2. The van der Waals surface area contributed by atoms with Crippen LogP contribution in [0.15, 0.2) is 67.3 Å². The molecule has 0 spiro atoms. The normalized spacial score (nSPS) is 11.7. The van der Waals surface area contributed by atoms with E-state index in [1.54, 1.807) is 24.7 Å². The van der Waals surface area contributed by atoms with Crippen LogP contribution in [0, 0.1) is 0 Å². The van der Waals surface area contributed by atoms with Gasteiger partial charge in [0.2, 0.25) is 0 Å². The lowest BCUT2D eigenvalue weighted by Crippen LogP contribution is -2.09. The van der Waals surface area contributed by atoms with Gasteiger partial charge in [-0.3, -0.25) is 19.9 Å². The number of benzene rings is 1. The molecule has 0 aliphatic carbocycles. The lowest BCUT2D eigenvalue weighted by molar-refractivity contribution is 0.0127. The second-order valence-electron chi connectivity index (χ2n) is 6.34. The van der Waals surface area contributed by atoms with Gasteiger partial charge in [0.15, 0.2) is 0 Å². The fraction of sp³-hybridized carbons (Fsp3) is 0.143. The summed E-state index contributed by atoms with van der Waals surface area (Å²) in [5.41, 5.74) is 4.88. The summed E-state index contributed by atoms with van der Waals surface area (Å²) >= 11 is 0. The van der Waals surface area contributed by atoms with Crippen LogP contribution in [0.2, 0.25) is 0 Å². The maximum atomic E-state index is 13.4. The SMILES string of the molecule is CC(F)(F)c1ccc(Cc2ncccc2-c2cccc3nccnc23)cn1. The van der Waals surface area contributed by atoms with E-state index in [2.05, 4.69) is 19.9 Å². The first-order valence-electron chi connectivity index (χ1n) is 8.49. The molecule has 27 heavy (non-hydrogen) atoms. The van der Waals surface area contributed by atoms with Crippen molar-refractivity contribution in [1.82, 2.24) is 19.9 Å². The van der Waals surface area contributed by atoms with E-state index in [4.69, 9.17) is 0 Å². The molecule has 0 bridgehead atoms. The molecule has 0 saturated carbocycles. The molecule has 3 heterocycles. The van der Waals surface area contributed by atoms with E-state index >= 15 is 0 Å². The monoisotopic (exact) mass is 362 g/mol. The number of halogens is 2. The zero-order chi connectivity index (χ0) is 18.9. The van der Waals surface area contributed by atoms with E-state index < -0.39 is 5.92 Å². The van der Waals surface area contributed by atoms with Crippen LogP contribution < -0.4 is 0 Å². The van der Waals surface area contributed by atoms with Crippen LogP contribution in [0.3, 0.4) is 0 Å². The Kier molecular flexibility index (Phi) is 4.32. The van der Waals surface area contributed by atoms with Crippen LogP contribution in [0.25, 0.3) is 22.2 Å². The Morgan fingerprint density at radius 1 is 0.815 bits per heavy atom. The average molecular weight is 362 g/mol. The summed E-state index contributed by atoms with van der Waals surface area (Å²) in [6.07, 6.45) is 7.00. The van der Waals surface area contributed by atoms with Crippen molar-refractivity contribution in [3.63, 3.8) is 0 Å². The number of aromatic nitrogens is 4. The van der Waals surface area contributed by atoms with E-state index in [-0.39, 0.29) is 5.69 Å². The maximum Gasteiger partial charge on any atom is 0.286 e. The molecule has 6 heteroatoms. The lowest BCUT2D eigenvalue weighted by Gasteiger charge is -2.12. The van der Waals surface area contributed by atoms with Crippen molar-refractivity contribution >= 4 is 11.0 Å². The number of hydrogen-bond acceptors (Lipinski definition) is 4. The lowest BCUT2D eigenvalue weighted by atomic mass is 9.98. The number of nitrogens with zero attached hydrogens (tertiary/aromatic N) is 4. The van der Waals surface area contributed by atoms with Gasteiger partial charge in [0.1, 0.15) is 5.69 Å². The molecule has 0 fully saturated rings. The first kappa shape index (κ1) is 17.1. The Morgan fingerprint density at radius 3 is 2.41 bits per heavy atom. The third kappa shape index (κ3) is 3.51. The van der Waals surface area contributed by atoms with Crippen LogP contribution in [0.4, 0.5) is 8.78 Å². The smallest absolute Gasteiger partial charge is 0.260 e. The molecule has 0 radical (unpaired) electrons. The fourth-order valence-corrected chi connectivity index (χ4v) is 3.02. The molecular formula is C21H16F2N4. The first-order valence-corrected chi connectivity index (χ1v) is 8.49. The quantitative estimate of drug-likeness (QED) is 0.524. The Balaban J connectivity index is 1.74. The third-order valence-corrected chi connectivity index (χ3v) is 4.33. The van der Waals surface area contributed by atoms with Crippen LogP contribution in [0.1, 0.15) is 23.9 Å². The molecule has 134 valence electrons. The van der Waals surface area contributed by atoms with Crippen molar-refractivity contribution < 1.29 is 8.78 Å². The summed E-state index contributed by atoms with van der Waals surface area (Å²) in [5, 5.41) is 0. The van der Waals surface area contributed by atoms with Crippen LogP contribution in [-0.4, -0.2) is 19.9 Å². The third-order valence-electron chi connectivity index (χ3n) is 4.33. The highest BCUT2D eigenvalue weighted by Gasteiger charge is 2.25. The summed E-state index contributed by atoms with van der Waals surface area (Å²) < 4.78 is 26.7. The molecule has 0 aliphatic heterocycles. The number of rotatable bonds is 4. The number of para-hydroxylation sites is 1. The number of pyridine rings is 2. The van der Waals surface area contributed by atoms with Gasteiger partial charge in [-0.2, -0.15) is 8.78 Å². The summed E-state index contributed by atoms with van der Waals surface area (Å²) in [6.45, 7) is 0.841. The van der Waals surface area contributed by atoms with Crippen molar-refractivity contribution in [2.45, 2.75) is 19.3 Å². The van der Waals surface area contributed by atoms with Gasteiger partial charge in [-0.1, -0.05) is 24.3 Å². The van der Waals surface area contributed by atoms with Gasteiger partial charge in [0, 0.05) is 49.3 Å². The number of fused-ring (bicyclic) bond motifs is 1. The average Bonchev–Trinajstić information content (AvgIpc) is 2.68. The molecule has 4 aromatic rings. The summed E-state index contributed by atoms with van der Waals surface area (Å²) in [7, 11) is 0. The van der Waals surface area contributed by atoms with Gasteiger partial charge >= 0.3 is 0 Å². The first-order chi connectivity index (χ1) is 13.0. The van der Waals surface area contributed by atoms with Gasteiger partial charge in [0.25, 0.3) is 5.92 Å². The molecule has 1 aromatic carbocycles. The van der Waals surface area contributed by atoms with Crippen LogP contribution >= 0.6 is 0 Å². The summed E-state index contributed by atoms with van der Waals surface area (Å²) in [5.74, 6) is -2.95. The topological polar surface area (TPSA) is 51.6 Å². The molecule has 4 rings (SSSR count). The fourth-order valence-electron chi connectivity index (χ4n) is 3.02. The Labute approximate surface area is 155 Å². The van der Waals surface area contributed by atoms with E-state index in [1.165, 1.54) is 12.3 Å². The number of hydrogen-bond donors (Lipinski definition) is 0. The summed E-state index contributed by atoms with van der Waals surface area (Å²) in [4.78, 5) is 17.2. The molecule has 0 N–H and O–H groups in total. The second-order valence-corrected chi connectivity index (χ2v) is 6.34. The highest BCUT2D eigenvalue weighted by molar-refractivity contribution is 5.91. The minimum atomic E-state index is -2.95. The van der Waals surface area contributed by atoms with E-state index in [1.807, 2.05) is 30.3 Å². The molecular weight excluding hydrogens is 346 g/mol. The van der Waals surface area contributed by atoms with Gasteiger partial charge in [-0.05, 0) is 23.8 Å². The zero-order valence-electron chi connectivity index (χ0n) is 14.6. The van der Waals surface area contributed by atoms with Crippen LogP contribution in [-0.2, 0) is 12.3 Å². The van der Waals surface area contributed by atoms with E-state index in [0.717, 1.165) is 40.3 Å². The molecule has 0 unspecified atom stereocenters. The largest absolute Gasteiger partial charge is 0.286 e. The second kappa shape index (κ2) is 6.79. The van der Waals surface area contributed by atoms with Crippen molar-refractivity contribution in [3.05, 3.63) is 84.2 Å². The van der Waals surface area contributed by atoms with Crippen molar-refractivity contribution in [1.29, 1.82) is 0 Å². The molecule has 3 aromatic heterocycles. The molecule has 4 nitrogen and oxygen atoms in total. The van der Waals surface area contributed by atoms with Gasteiger partial charge in [-0.15, -0.1) is 0 Å². The van der Waals surface area contributed by atoms with E-state index in [0.29, 0.717) is 6.42 Å². The standard InChI is InChI=1S/C21H16F2N4/c1-21(22,23)19-8-7-14(13-27-19)12-18-15(5-3-9-24-18)16-4-2-6-17-20(16)26-11-10-25-17/h2-11,13H,12H2,1H3. The predicted octanol–water partition coefficient (Wildman–Crippen LogP) is 4.79. The predicted molar refractivity (Wildman–Crippen MR) is 99.4 cm³/mol. The highest BCUT2D eigenvalue weighted by atomic mass is 19.3. The van der Waals surface area contributed by atoms with Crippen molar-refractivity contribution in [3.8, 4) is 11.1 Å². The van der Waals surface area contributed by atoms with Crippen molar-refractivity contribution in [2.24, 2.45) is 0 Å². The Bertz CT molecular complexity index is 1080. The zero-order valence-corrected chi connectivity index (χ0v) is 14.6. The van der Waals surface area contributed by atoms with E-state index in [9.17, 15) is 8.78 Å². The molecule has 0 amide bonds. The maximum absolute atomic E-state index is 13.4. The van der Waals surface area contributed by atoms with Gasteiger partial charge < -0.3 is 0 Å². The highest BCUT2D eigenvalue weighted by Crippen LogP contribution is 2.30. The van der Waals surface area contributed by atoms with Crippen LogP contribution in [0.5, 0.6) is 0 Å². The summed E-state index contributed by atoms with van der Waals surface area (Å²) in [6, 6.07) is 12.7. The minimum absolute atomic E-state index is 0.239.